The number of ketones is 1. The number of nitrogens with one attached hydrogen (secondary N) is 1. The molecule has 0 saturated heterocycles. The molecule has 0 unspecified atom stereocenters. The van der Waals surface area contributed by atoms with E-state index in [1.807, 2.05) is 0 Å². The van der Waals surface area contributed by atoms with E-state index in [-0.39, 0.29) is 23.7 Å². The van der Waals surface area contributed by atoms with Crippen LogP contribution in [0.5, 0.6) is 0 Å². The van der Waals surface area contributed by atoms with Gasteiger partial charge in [0.05, 0.1) is 12.2 Å². The van der Waals surface area contributed by atoms with E-state index in [0.717, 1.165) is 0 Å². The second-order valence-electron chi connectivity index (χ2n) is 2.22. The highest BCUT2D eigenvalue weighted by Crippen LogP contribution is 2.01. The third-order valence-electron chi connectivity index (χ3n) is 1.40. The molecular weight excluding hydrogens is 160 g/mol. The third-order valence-corrected chi connectivity index (χ3v) is 1.40. The summed E-state index contributed by atoms with van der Waals surface area (Å²) in [6.07, 6.45) is 0. The number of aromatic amines is 1. The number of hydrogen-bond donors (Lipinski definition) is 3. The Labute approximate surface area is 68.2 Å². The predicted molar refractivity (Wildman–Crippen MR) is 41.1 cm³/mol. The Hall–Kier alpha value is -1.62. The summed E-state index contributed by atoms with van der Waals surface area (Å²) in [6.45, 7) is -0.125. The fourth-order valence-electron chi connectivity index (χ4n) is 0.792. The van der Waals surface area contributed by atoms with Gasteiger partial charge < -0.3 is 15.8 Å². The number of H-pyrrole nitrogens is 1. The summed E-state index contributed by atoms with van der Waals surface area (Å²) in [4.78, 5) is 23.7. The monoisotopic (exact) mass is 168 g/mol. The van der Waals surface area contributed by atoms with Gasteiger partial charge in [-0.15, -0.1) is 0 Å². The third kappa shape index (κ3) is 1.51. The van der Waals surface area contributed by atoms with Crippen LogP contribution in [-0.2, 0) is 0 Å². The van der Waals surface area contributed by atoms with Crippen molar-refractivity contribution < 1.29 is 14.7 Å². The van der Waals surface area contributed by atoms with E-state index in [4.69, 9.17) is 10.8 Å². The van der Waals surface area contributed by atoms with E-state index in [9.17, 15) is 9.59 Å². The second-order valence-corrected chi connectivity index (χ2v) is 2.22. The van der Waals surface area contributed by atoms with Gasteiger partial charge in [0.15, 0.2) is 5.78 Å². The molecule has 4 N–H and O–H groups in total. The smallest absolute Gasteiger partial charge is 0.352 e. The van der Waals surface area contributed by atoms with Gasteiger partial charge in [-0.3, -0.25) is 4.79 Å². The molecule has 12 heavy (non-hydrogen) atoms. The Morgan fingerprint density at radius 1 is 1.42 bits per heavy atom. The molecule has 0 fully saturated rings. The Kier molecular flexibility index (Phi) is 2.25. The highest BCUT2D eigenvalue weighted by Gasteiger charge is 2.09. The van der Waals surface area contributed by atoms with Crippen molar-refractivity contribution in [1.29, 1.82) is 0 Å². The van der Waals surface area contributed by atoms with Gasteiger partial charge in [0, 0.05) is 0 Å². The minimum absolute atomic E-state index is 0.00759. The molecule has 0 aliphatic rings. The number of carbonyl (C=O) groups excluding carboxylic acids is 1. The lowest BCUT2D eigenvalue weighted by Crippen LogP contribution is -2.14. The number of aromatic carboxylic acids is 1. The Morgan fingerprint density at radius 3 is 2.42 bits per heavy atom. The zero-order valence-corrected chi connectivity index (χ0v) is 6.20. The minimum Gasteiger partial charge on any atom is -0.477 e. The number of Topliss-reactive ketones (excluding diaryl/α,β-unsaturated/α-hetero) is 1. The average Bonchev–Trinajstić information content (AvgIpc) is 2.51. The van der Waals surface area contributed by atoms with Crippen molar-refractivity contribution in [3.05, 3.63) is 23.5 Å². The Morgan fingerprint density at radius 2 is 2.00 bits per heavy atom. The molecule has 0 aliphatic heterocycles. The summed E-state index contributed by atoms with van der Waals surface area (Å²) in [5.41, 5.74) is 5.30. The molecule has 64 valence electrons. The molecule has 0 amide bonds. The lowest BCUT2D eigenvalue weighted by Gasteiger charge is -1.90. The van der Waals surface area contributed by atoms with Crippen molar-refractivity contribution in [2.24, 2.45) is 5.73 Å². The standard InChI is InChI=1S/C7H8N2O3/c8-3-6(10)4-1-2-5(9-4)7(11)12/h1-2,9H,3,8H2,(H,11,12). The molecule has 0 aliphatic carbocycles. The predicted octanol–water partition coefficient (Wildman–Crippen LogP) is -0.146. The molecule has 0 aromatic carbocycles. The van der Waals surface area contributed by atoms with E-state index in [0.29, 0.717) is 0 Å². The summed E-state index contributed by atoms with van der Waals surface area (Å²) in [6, 6.07) is 2.73. The minimum atomic E-state index is -1.09. The van der Waals surface area contributed by atoms with Crippen molar-refractivity contribution in [1.82, 2.24) is 4.98 Å². The Bertz CT molecular complexity index is 316. The van der Waals surface area contributed by atoms with Gasteiger partial charge in [-0.2, -0.15) is 0 Å². The first-order valence-electron chi connectivity index (χ1n) is 3.30. The molecule has 0 spiro atoms. The van der Waals surface area contributed by atoms with Crippen LogP contribution in [0.25, 0.3) is 0 Å². The van der Waals surface area contributed by atoms with E-state index in [1.54, 1.807) is 0 Å². The van der Waals surface area contributed by atoms with Crippen molar-refractivity contribution in [3.8, 4) is 0 Å². The first kappa shape index (κ1) is 8.48. The van der Waals surface area contributed by atoms with Crippen LogP contribution in [-0.4, -0.2) is 28.4 Å². The number of carboxylic acid groups (broad SMARTS) is 1. The molecule has 0 bridgehead atoms. The quantitative estimate of drug-likeness (QED) is 0.547. The van der Waals surface area contributed by atoms with E-state index in [1.165, 1.54) is 12.1 Å². The lowest BCUT2D eigenvalue weighted by molar-refractivity contribution is 0.0691. The van der Waals surface area contributed by atoms with Crippen LogP contribution in [0.2, 0.25) is 0 Å². The number of carboxylic acids is 1. The van der Waals surface area contributed by atoms with Gasteiger partial charge in [0.1, 0.15) is 5.69 Å². The van der Waals surface area contributed by atoms with Gasteiger partial charge in [0.2, 0.25) is 0 Å². The number of hydrogen-bond acceptors (Lipinski definition) is 3. The first-order valence-corrected chi connectivity index (χ1v) is 3.30. The van der Waals surface area contributed by atoms with Crippen molar-refractivity contribution in [2.45, 2.75) is 0 Å². The van der Waals surface area contributed by atoms with Crippen molar-refractivity contribution >= 4 is 11.8 Å². The number of aromatic nitrogens is 1. The summed E-state index contributed by atoms with van der Waals surface area (Å²) in [5, 5.41) is 8.48. The molecule has 1 heterocycles. The molecule has 0 saturated carbocycles. The van der Waals surface area contributed by atoms with Gasteiger partial charge in [-0.05, 0) is 12.1 Å². The van der Waals surface area contributed by atoms with E-state index >= 15 is 0 Å². The normalized spacial score (nSPS) is 9.75. The molecule has 5 nitrogen and oxygen atoms in total. The van der Waals surface area contributed by atoms with Crippen LogP contribution in [0.15, 0.2) is 12.1 Å². The lowest BCUT2D eigenvalue weighted by atomic mass is 10.3. The second kappa shape index (κ2) is 3.19. The summed E-state index contributed by atoms with van der Waals surface area (Å²) < 4.78 is 0. The highest BCUT2D eigenvalue weighted by molar-refractivity contribution is 5.97. The SMILES string of the molecule is NCC(=O)c1ccc(C(=O)O)[nH]1. The largest absolute Gasteiger partial charge is 0.477 e. The molecule has 0 atom stereocenters. The molecule has 5 heteroatoms. The van der Waals surface area contributed by atoms with Gasteiger partial charge >= 0.3 is 5.97 Å². The van der Waals surface area contributed by atoms with Crippen LogP contribution >= 0.6 is 0 Å². The Balaban J connectivity index is 2.91. The zero-order chi connectivity index (χ0) is 9.14. The fraction of sp³-hybridized carbons (Fsp3) is 0.143. The zero-order valence-electron chi connectivity index (χ0n) is 6.20. The van der Waals surface area contributed by atoms with Gasteiger partial charge in [0.25, 0.3) is 0 Å². The topological polar surface area (TPSA) is 96.2 Å². The first-order chi connectivity index (χ1) is 5.65. The highest BCUT2D eigenvalue weighted by atomic mass is 16.4. The summed E-state index contributed by atoms with van der Waals surface area (Å²) in [7, 11) is 0. The number of rotatable bonds is 3. The number of nitrogens with two attached hydrogens (primary N) is 1. The van der Waals surface area contributed by atoms with E-state index in [2.05, 4.69) is 4.98 Å². The van der Waals surface area contributed by atoms with E-state index < -0.39 is 5.97 Å². The molecule has 1 aromatic rings. The summed E-state index contributed by atoms with van der Waals surface area (Å²) >= 11 is 0. The molecular formula is C7H8N2O3. The van der Waals surface area contributed by atoms with Crippen LogP contribution < -0.4 is 5.73 Å². The van der Waals surface area contributed by atoms with Gasteiger partial charge in [-0.1, -0.05) is 0 Å². The van der Waals surface area contributed by atoms with Crippen LogP contribution in [0.4, 0.5) is 0 Å². The van der Waals surface area contributed by atoms with Crippen LogP contribution in [0.1, 0.15) is 21.0 Å². The average molecular weight is 168 g/mol. The van der Waals surface area contributed by atoms with Crippen LogP contribution in [0.3, 0.4) is 0 Å². The number of carbonyl (C=O) groups is 2. The van der Waals surface area contributed by atoms with Gasteiger partial charge in [-0.25, -0.2) is 4.79 Å². The molecule has 0 radical (unpaired) electrons. The molecule has 1 rings (SSSR count). The van der Waals surface area contributed by atoms with Crippen molar-refractivity contribution in [2.75, 3.05) is 6.54 Å². The van der Waals surface area contributed by atoms with Crippen molar-refractivity contribution in [3.63, 3.8) is 0 Å². The van der Waals surface area contributed by atoms with Crippen LogP contribution in [0, 0.1) is 0 Å². The molecule has 1 aromatic heterocycles. The summed E-state index contributed by atoms with van der Waals surface area (Å²) in [5.74, 6) is -1.39. The maximum Gasteiger partial charge on any atom is 0.352 e. The maximum absolute atomic E-state index is 10.9. The maximum atomic E-state index is 10.9. The fourth-order valence-corrected chi connectivity index (χ4v) is 0.792.